The first-order valence-electron chi connectivity index (χ1n) is 11.5. The normalized spacial score (nSPS) is 22.8. The molecule has 0 radical (unpaired) electrons. The largest absolute Gasteiger partial charge is 0.496 e. The first kappa shape index (κ1) is 21.7. The Hall–Kier alpha value is -3.16. The fourth-order valence-electron chi connectivity index (χ4n) is 5.21. The highest BCUT2D eigenvalue weighted by Crippen LogP contribution is 2.31. The van der Waals surface area contributed by atoms with Crippen molar-refractivity contribution in [2.75, 3.05) is 20.3 Å². The van der Waals surface area contributed by atoms with Crippen LogP contribution in [0.4, 0.5) is 0 Å². The van der Waals surface area contributed by atoms with Gasteiger partial charge in [-0.2, -0.15) is 5.10 Å². The number of fused-ring (bicyclic) bond motifs is 3. The Balaban J connectivity index is 1.31. The van der Waals surface area contributed by atoms with Gasteiger partial charge in [0.25, 0.3) is 5.91 Å². The molecule has 0 saturated carbocycles. The van der Waals surface area contributed by atoms with Crippen LogP contribution < -0.4 is 10.1 Å². The molecule has 172 valence electrons. The van der Waals surface area contributed by atoms with Crippen molar-refractivity contribution in [3.63, 3.8) is 0 Å². The van der Waals surface area contributed by atoms with Crippen molar-refractivity contribution in [1.29, 1.82) is 0 Å². The molecule has 7 nitrogen and oxygen atoms in total. The van der Waals surface area contributed by atoms with E-state index in [4.69, 9.17) is 9.47 Å². The molecular formula is C26H30N4O3. The summed E-state index contributed by atoms with van der Waals surface area (Å²) in [4.78, 5) is 15.8. The molecule has 3 aromatic rings. The Morgan fingerprint density at radius 3 is 2.67 bits per heavy atom. The standard InChI is InChI=1S/C26H30N4O3/c1-3-12-30-23-10-6-5-9-22(23)25(28-30)26(31)27-19-13-20-16-33-17-21(14-19)29(20)15-18-8-4-7-11-24(18)32-2/h3-11,19-21H,1,12-17H2,2H3,(H,27,31)/t19-,20-,21+. The molecule has 2 saturated heterocycles. The topological polar surface area (TPSA) is 68.6 Å². The molecule has 2 aliphatic heterocycles. The number of nitrogens with one attached hydrogen (secondary N) is 1. The van der Waals surface area contributed by atoms with Crippen LogP contribution in [0.1, 0.15) is 28.9 Å². The van der Waals surface area contributed by atoms with Crippen molar-refractivity contribution in [2.45, 2.75) is 44.1 Å². The fourth-order valence-corrected chi connectivity index (χ4v) is 5.21. The zero-order valence-corrected chi connectivity index (χ0v) is 18.9. The molecule has 2 bridgehead atoms. The van der Waals surface area contributed by atoms with Gasteiger partial charge in [0.15, 0.2) is 5.69 Å². The number of methoxy groups -OCH3 is 1. The summed E-state index contributed by atoms with van der Waals surface area (Å²) in [5, 5.41) is 8.73. The van der Waals surface area contributed by atoms with E-state index in [0.717, 1.165) is 36.0 Å². The summed E-state index contributed by atoms with van der Waals surface area (Å²) < 4.78 is 13.3. The summed E-state index contributed by atoms with van der Waals surface area (Å²) in [6, 6.07) is 16.6. The van der Waals surface area contributed by atoms with Gasteiger partial charge in [0.05, 0.1) is 32.4 Å². The van der Waals surface area contributed by atoms with Gasteiger partial charge < -0.3 is 14.8 Å². The number of hydrogen-bond donors (Lipinski definition) is 1. The predicted molar refractivity (Wildman–Crippen MR) is 127 cm³/mol. The van der Waals surface area contributed by atoms with Crippen LogP contribution in [0.2, 0.25) is 0 Å². The van der Waals surface area contributed by atoms with Gasteiger partial charge in [0.2, 0.25) is 0 Å². The number of amides is 1. The number of piperidine rings is 1. The molecule has 2 aliphatic rings. The van der Waals surface area contributed by atoms with E-state index in [-0.39, 0.29) is 24.0 Å². The zero-order chi connectivity index (χ0) is 22.8. The van der Waals surface area contributed by atoms with E-state index in [2.05, 4.69) is 28.0 Å². The van der Waals surface area contributed by atoms with E-state index in [1.165, 1.54) is 5.56 Å². The van der Waals surface area contributed by atoms with Crippen LogP contribution in [0.15, 0.2) is 61.2 Å². The van der Waals surface area contributed by atoms with Crippen molar-refractivity contribution in [3.8, 4) is 5.75 Å². The second-order valence-corrected chi connectivity index (χ2v) is 8.81. The SMILES string of the molecule is C=CCn1nc(C(=O)N[C@H]2C[C@H]3COC[C@@H](C2)N3Cc2ccccc2OC)c2ccccc21. The molecule has 1 N–H and O–H groups in total. The van der Waals surface area contributed by atoms with Gasteiger partial charge in [-0.1, -0.05) is 42.5 Å². The third-order valence-corrected chi connectivity index (χ3v) is 6.73. The van der Waals surface area contributed by atoms with Crippen LogP contribution in [0.3, 0.4) is 0 Å². The first-order chi connectivity index (χ1) is 16.2. The monoisotopic (exact) mass is 446 g/mol. The summed E-state index contributed by atoms with van der Waals surface area (Å²) >= 11 is 0. The second kappa shape index (κ2) is 9.37. The molecule has 1 amide bonds. The summed E-state index contributed by atoms with van der Waals surface area (Å²) in [6.45, 7) is 6.54. The molecule has 33 heavy (non-hydrogen) atoms. The van der Waals surface area contributed by atoms with E-state index < -0.39 is 0 Å². The zero-order valence-electron chi connectivity index (χ0n) is 18.9. The average Bonchev–Trinajstić information content (AvgIpc) is 3.19. The van der Waals surface area contributed by atoms with Crippen LogP contribution in [0.5, 0.6) is 5.75 Å². The van der Waals surface area contributed by atoms with E-state index in [9.17, 15) is 4.79 Å². The van der Waals surface area contributed by atoms with Crippen molar-refractivity contribution < 1.29 is 14.3 Å². The number of carbonyl (C=O) groups excluding carboxylic acids is 1. The Kier molecular flexibility index (Phi) is 6.15. The fraction of sp³-hybridized carbons (Fsp3) is 0.385. The highest BCUT2D eigenvalue weighted by Gasteiger charge is 2.40. The summed E-state index contributed by atoms with van der Waals surface area (Å²) in [6.07, 6.45) is 3.49. The van der Waals surface area contributed by atoms with Crippen molar-refractivity contribution in [1.82, 2.24) is 20.0 Å². The molecule has 2 fully saturated rings. The minimum absolute atomic E-state index is 0.0913. The second-order valence-electron chi connectivity index (χ2n) is 8.81. The number of benzene rings is 2. The van der Waals surface area contributed by atoms with Gasteiger partial charge in [-0.3, -0.25) is 14.4 Å². The van der Waals surface area contributed by atoms with Gasteiger partial charge in [0.1, 0.15) is 5.75 Å². The number of hydrogen-bond acceptors (Lipinski definition) is 5. The van der Waals surface area contributed by atoms with Crippen LogP contribution in [0.25, 0.3) is 10.9 Å². The summed E-state index contributed by atoms with van der Waals surface area (Å²) in [7, 11) is 1.71. The van der Waals surface area contributed by atoms with Gasteiger partial charge in [-0.05, 0) is 25.0 Å². The Labute approximate surface area is 194 Å². The maximum Gasteiger partial charge on any atom is 0.272 e. The van der Waals surface area contributed by atoms with Gasteiger partial charge >= 0.3 is 0 Å². The van der Waals surface area contributed by atoms with E-state index in [0.29, 0.717) is 25.5 Å². The Morgan fingerprint density at radius 1 is 1.18 bits per heavy atom. The highest BCUT2D eigenvalue weighted by atomic mass is 16.5. The van der Waals surface area contributed by atoms with Crippen LogP contribution in [0, 0.1) is 0 Å². The molecular weight excluding hydrogens is 416 g/mol. The number of nitrogens with zero attached hydrogens (tertiary/aromatic N) is 3. The molecule has 5 rings (SSSR count). The molecule has 1 aromatic heterocycles. The minimum atomic E-state index is -0.115. The quantitative estimate of drug-likeness (QED) is 0.564. The minimum Gasteiger partial charge on any atom is -0.496 e. The summed E-state index contributed by atoms with van der Waals surface area (Å²) in [5.74, 6) is 0.796. The van der Waals surface area contributed by atoms with E-state index in [1.54, 1.807) is 13.2 Å². The van der Waals surface area contributed by atoms with Crippen LogP contribution in [-0.4, -0.2) is 59.0 Å². The number of ether oxygens (including phenoxy) is 2. The smallest absolute Gasteiger partial charge is 0.272 e. The third kappa shape index (κ3) is 4.26. The number of morpholine rings is 1. The first-order valence-corrected chi connectivity index (χ1v) is 11.5. The number of para-hydroxylation sites is 2. The molecule has 3 heterocycles. The van der Waals surface area contributed by atoms with E-state index >= 15 is 0 Å². The number of aromatic nitrogens is 2. The number of carbonyl (C=O) groups is 1. The lowest BCUT2D eigenvalue weighted by Gasteiger charge is -2.48. The Morgan fingerprint density at radius 2 is 1.91 bits per heavy atom. The van der Waals surface area contributed by atoms with Gasteiger partial charge in [-0.25, -0.2) is 0 Å². The molecule has 0 aliphatic carbocycles. The molecule has 3 atom stereocenters. The van der Waals surface area contributed by atoms with Crippen LogP contribution in [-0.2, 0) is 17.8 Å². The average molecular weight is 447 g/mol. The Bertz CT molecular complexity index is 1140. The van der Waals surface area contributed by atoms with Gasteiger partial charge in [-0.15, -0.1) is 6.58 Å². The predicted octanol–water partition coefficient (Wildman–Crippen LogP) is 3.39. The summed E-state index contributed by atoms with van der Waals surface area (Å²) in [5.41, 5.74) is 2.60. The lowest BCUT2D eigenvalue weighted by Crippen LogP contribution is -2.60. The lowest BCUT2D eigenvalue weighted by molar-refractivity contribution is -0.0845. The van der Waals surface area contributed by atoms with Crippen molar-refractivity contribution >= 4 is 16.8 Å². The third-order valence-electron chi connectivity index (χ3n) is 6.73. The maximum atomic E-state index is 13.2. The molecule has 0 unspecified atom stereocenters. The maximum absolute atomic E-state index is 13.2. The van der Waals surface area contributed by atoms with Gasteiger partial charge in [0, 0.05) is 35.6 Å². The van der Waals surface area contributed by atoms with Crippen LogP contribution >= 0.6 is 0 Å². The van der Waals surface area contributed by atoms with Crippen molar-refractivity contribution in [2.24, 2.45) is 0 Å². The number of allylic oxidation sites excluding steroid dienone is 1. The van der Waals surface area contributed by atoms with Crippen molar-refractivity contribution in [3.05, 3.63) is 72.4 Å². The lowest BCUT2D eigenvalue weighted by atomic mass is 9.89. The molecule has 7 heteroatoms. The van der Waals surface area contributed by atoms with E-state index in [1.807, 2.05) is 47.1 Å². The number of rotatable bonds is 7. The highest BCUT2D eigenvalue weighted by molar-refractivity contribution is 6.05. The molecule has 2 aromatic carbocycles. The molecule has 0 spiro atoms.